The first-order valence-electron chi connectivity index (χ1n) is 13.6. The second kappa shape index (κ2) is 13.6. The van der Waals surface area contributed by atoms with Crippen LogP contribution < -0.4 is 25.8 Å². The molecule has 4 N–H and O–H groups in total. The Balaban J connectivity index is 0.00000423. The lowest BCUT2D eigenvalue weighted by Crippen LogP contribution is -2.42. The minimum Gasteiger partial charge on any atom is -0.489 e. The molecule has 14 heteroatoms. The number of hydrogen-bond acceptors (Lipinski definition) is 7. The van der Waals surface area contributed by atoms with Crippen LogP contribution in [0.5, 0.6) is 11.5 Å². The van der Waals surface area contributed by atoms with Gasteiger partial charge in [0.25, 0.3) is 5.91 Å². The van der Waals surface area contributed by atoms with Crippen LogP contribution in [-0.4, -0.2) is 36.6 Å². The van der Waals surface area contributed by atoms with Crippen molar-refractivity contribution in [2.45, 2.75) is 51.3 Å². The Kier molecular flexibility index (Phi) is 10.2. The van der Waals surface area contributed by atoms with Crippen LogP contribution in [0.1, 0.15) is 66.5 Å². The number of alkyl halides is 2. The van der Waals surface area contributed by atoms with Crippen molar-refractivity contribution >= 4 is 24.2 Å². The number of carbonyl (C=O) groups excluding carboxylic acids is 2. The van der Waals surface area contributed by atoms with Crippen LogP contribution in [0.25, 0.3) is 11.5 Å². The molecule has 2 saturated carbocycles. The minimum atomic E-state index is -3.07. The van der Waals surface area contributed by atoms with E-state index in [9.17, 15) is 27.2 Å². The van der Waals surface area contributed by atoms with Gasteiger partial charge in [0.2, 0.25) is 11.8 Å². The van der Waals surface area contributed by atoms with Crippen molar-refractivity contribution < 1.29 is 41.0 Å². The van der Waals surface area contributed by atoms with E-state index < -0.39 is 42.1 Å². The molecule has 9 nitrogen and oxygen atoms in total. The number of halogens is 5. The highest BCUT2D eigenvalue weighted by Crippen LogP contribution is 2.37. The van der Waals surface area contributed by atoms with Crippen LogP contribution in [0.15, 0.2) is 40.8 Å². The van der Waals surface area contributed by atoms with Crippen molar-refractivity contribution in [1.82, 2.24) is 15.6 Å². The largest absolute Gasteiger partial charge is 0.489 e. The third-order valence-corrected chi connectivity index (χ3v) is 6.93. The van der Waals surface area contributed by atoms with Gasteiger partial charge in [-0.15, -0.1) is 12.4 Å². The lowest BCUT2D eigenvalue weighted by atomic mass is 10.0. The van der Waals surface area contributed by atoms with E-state index in [0.717, 1.165) is 37.8 Å². The molecule has 0 saturated heterocycles. The van der Waals surface area contributed by atoms with E-state index in [2.05, 4.69) is 20.4 Å². The molecule has 2 aromatic carbocycles. The molecule has 5 rings (SSSR count). The van der Waals surface area contributed by atoms with Gasteiger partial charge in [0.15, 0.2) is 23.0 Å². The first kappa shape index (κ1) is 32.1. The quantitative estimate of drug-likeness (QED) is 0.215. The molecule has 2 fully saturated rings. The highest BCUT2D eigenvalue weighted by atomic mass is 35.5. The lowest BCUT2D eigenvalue weighted by Gasteiger charge is -2.19. The number of nitrogens with one attached hydrogen (secondary N) is 2. The summed E-state index contributed by atoms with van der Waals surface area (Å²) in [6.07, 6.45) is 3.85. The maximum absolute atomic E-state index is 14.7. The van der Waals surface area contributed by atoms with Gasteiger partial charge in [0.05, 0.1) is 12.6 Å². The van der Waals surface area contributed by atoms with Crippen molar-refractivity contribution in [3.63, 3.8) is 0 Å². The number of nitrogens with zero attached hydrogens (tertiary/aromatic N) is 1. The van der Waals surface area contributed by atoms with E-state index in [4.69, 9.17) is 14.9 Å². The predicted molar refractivity (Wildman–Crippen MR) is 149 cm³/mol. The van der Waals surface area contributed by atoms with Gasteiger partial charge in [0, 0.05) is 23.7 Å². The van der Waals surface area contributed by atoms with Gasteiger partial charge >= 0.3 is 6.61 Å². The molecule has 0 bridgehead atoms. The summed E-state index contributed by atoms with van der Waals surface area (Å²) in [5.41, 5.74) is 5.82. The molecule has 232 valence electrons. The van der Waals surface area contributed by atoms with Gasteiger partial charge in [-0.3, -0.25) is 9.59 Å². The molecule has 1 heterocycles. The molecule has 3 aromatic rings. The number of aromatic nitrogens is 1. The summed E-state index contributed by atoms with van der Waals surface area (Å²) in [6.45, 7) is -0.855. The summed E-state index contributed by atoms with van der Waals surface area (Å²) in [4.78, 5) is 30.8. The van der Waals surface area contributed by atoms with Crippen molar-refractivity contribution in [1.29, 1.82) is 0 Å². The number of hydrogen-bond donors (Lipinski definition) is 3. The van der Waals surface area contributed by atoms with Crippen LogP contribution in [0.2, 0.25) is 0 Å². The Morgan fingerprint density at radius 2 is 1.79 bits per heavy atom. The molecule has 2 aliphatic carbocycles. The second-order valence-corrected chi connectivity index (χ2v) is 10.6. The van der Waals surface area contributed by atoms with Crippen molar-refractivity contribution in [2.75, 3.05) is 13.2 Å². The predicted octanol–water partition coefficient (Wildman–Crippen LogP) is 5.45. The number of benzene rings is 2. The van der Waals surface area contributed by atoms with E-state index in [0.29, 0.717) is 31.1 Å². The van der Waals surface area contributed by atoms with Crippen molar-refractivity contribution in [3.05, 3.63) is 65.1 Å². The van der Waals surface area contributed by atoms with Gasteiger partial charge < -0.3 is 30.3 Å². The highest BCUT2D eigenvalue weighted by molar-refractivity contribution is 5.97. The topological polar surface area (TPSA) is 129 Å². The number of ether oxygens (including phenoxy) is 2. The third kappa shape index (κ3) is 8.17. The molecule has 0 spiro atoms. The van der Waals surface area contributed by atoms with Crippen LogP contribution in [-0.2, 0) is 4.79 Å². The average Bonchev–Trinajstić information content (AvgIpc) is 3.88. The average molecular weight is 627 g/mol. The first-order valence-corrected chi connectivity index (χ1v) is 13.6. The molecular weight excluding hydrogens is 596 g/mol. The van der Waals surface area contributed by atoms with Crippen LogP contribution in [0, 0.1) is 23.5 Å². The maximum atomic E-state index is 14.7. The second-order valence-electron chi connectivity index (χ2n) is 10.6. The van der Waals surface area contributed by atoms with E-state index in [1.54, 1.807) is 6.92 Å². The van der Waals surface area contributed by atoms with E-state index >= 15 is 0 Å². The van der Waals surface area contributed by atoms with Crippen molar-refractivity contribution in [2.24, 2.45) is 17.6 Å². The zero-order chi connectivity index (χ0) is 30.0. The molecule has 1 aromatic heterocycles. The van der Waals surface area contributed by atoms with Crippen LogP contribution >= 0.6 is 12.4 Å². The molecule has 2 aliphatic rings. The van der Waals surface area contributed by atoms with Gasteiger partial charge in [-0.25, -0.2) is 13.8 Å². The van der Waals surface area contributed by atoms with Crippen LogP contribution in [0.3, 0.4) is 0 Å². The van der Waals surface area contributed by atoms with Gasteiger partial charge in [0.1, 0.15) is 17.7 Å². The minimum absolute atomic E-state index is 0. The monoisotopic (exact) mass is 626 g/mol. The summed E-state index contributed by atoms with van der Waals surface area (Å²) in [5.74, 6) is -3.03. The Labute approximate surface area is 250 Å². The third-order valence-electron chi connectivity index (χ3n) is 6.93. The summed E-state index contributed by atoms with van der Waals surface area (Å²) < 4.78 is 70.3. The van der Waals surface area contributed by atoms with E-state index in [-0.39, 0.29) is 52.4 Å². The number of oxazole rings is 1. The zero-order valence-electron chi connectivity index (χ0n) is 23.1. The molecule has 0 radical (unpaired) electrons. The molecule has 0 aliphatic heterocycles. The summed E-state index contributed by atoms with van der Waals surface area (Å²) in [6, 6.07) is 4.43. The smallest absolute Gasteiger partial charge is 0.387 e. The lowest BCUT2D eigenvalue weighted by molar-refractivity contribution is -0.123. The summed E-state index contributed by atoms with van der Waals surface area (Å²) in [5, 5.41) is 5.17. The highest BCUT2D eigenvalue weighted by Gasteiger charge is 2.32. The molecule has 2 atom stereocenters. The van der Waals surface area contributed by atoms with E-state index in [1.165, 1.54) is 18.2 Å². The van der Waals surface area contributed by atoms with Gasteiger partial charge in [-0.1, -0.05) is 6.07 Å². The number of rotatable bonds is 13. The number of carbonyl (C=O) groups is 2. The Hall–Kier alpha value is -3.84. The zero-order valence-corrected chi connectivity index (χ0v) is 23.9. The van der Waals surface area contributed by atoms with E-state index in [1.807, 2.05) is 0 Å². The van der Waals surface area contributed by atoms with Gasteiger partial charge in [-0.05, 0) is 68.7 Å². The fourth-order valence-corrected chi connectivity index (χ4v) is 4.25. The Morgan fingerprint density at radius 3 is 2.42 bits per heavy atom. The fourth-order valence-electron chi connectivity index (χ4n) is 4.25. The fraction of sp³-hybridized carbons (Fsp3) is 0.414. The maximum Gasteiger partial charge on any atom is 0.387 e. The number of nitrogens with two attached hydrogens (primary N) is 1. The Morgan fingerprint density at radius 1 is 1.07 bits per heavy atom. The van der Waals surface area contributed by atoms with Crippen molar-refractivity contribution in [3.8, 4) is 23.0 Å². The van der Waals surface area contributed by atoms with Crippen LogP contribution in [0.4, 0.5) is 17.6 Å². The SMILES string of the molecule is C[C@H](N)c1oc(-c2ccc(OC(F)F)c(OCC3CC3)c2)nc1C(=O)NC(C(=O)NCC1CC1)c1ccc(F)cc1F.Cl. The molecule has 2 amide bonds. The number of amides is 2. The Bertz CT molecular complexity index is 1460. The normalized spacial score (nSPS) is 15.8. The molecular formula is C29H31ClF4N4O5. The molecule has 1 unspecified atom stereocenters. The molecule has 43 heavy (non-hydrogen) atoms. The first-order chi connectivity index (χ1) is 20.1. The standard InChI is InChI=1S/C29H30F4N4O5.ClH/c1-14(34)25-24(27(39)36-23(26(38)35-12-15-2-3-15)19-8-7-18(30)11-20(19)31)37-28(42-25)17-6-9-21(41-29(32)33)22(10-17)40-13-16-4-5-16;/h6-11,14-16,23,29H,2-5,12-13,34H2,1H3,(H,35,38)(H,36,39);1H/t14-,23?;/m0./s1. The van der Waals surface area contributed by atoms with Gasteiger partial charge in [-0.2, -0.15) is 8.78 Å². The summed E-state index contributed by atoms with van der Waals surface area (Å²) in [7, 11) is 0. The summed E-state index contributed by atoms with van der Waals surface area (Å²) >= 11 is 0.